The standard InChI is InChI=1S/C17H11BrIN3O2/c1-2-21-13-8-9(18)7-12(19)14(13)15(20-21)22-16(23)10-5-3-4-6-11(10)17(22)24/h3-8H,2H2,1H3. The molecule has 0 saturated carbocycles. The maximum absolute atomic E-state index is 12.8. The predicted octanol–water partition coefficient (Wildman–Crippen LogP) is 4.22. The summed E-state index contributed by atoms with van der Waals surface area (Å²) in [5, 5.41) is 5.37. The third-order valence-corrected chi connectivity index (χ3v) is 5.37. The van der Waals surface area contributed by atoms with Crippen LogP contribution in [-0.2, 0) is 6.54 Å². The molecule has 4 rings (SSSR count). The summed E-state index contributed by atoms with van der Waals surface area (Å²) in [5.74, 6) is -0.246. The van der Waals surface area contributed by atoms with E-state index in [1.807, 2.05) is 19.1 Å². The molecular formula is C17H11BrIN3O2. The lowest BCUT2D eigenvalue weighted by Crippen LogP contribution is -2.30. The molecule has 0 saturated heterocycles. The molecule has 1 aliphatic heterocycles. The molecule has 2 amide bonds. The highest BCUT2D eigenvalue weighted by Crippen LogP contribution is 2.36. The van der Waals surface area contributed by atoms with E-state index in [1.165, 1.54) is 4.90 Å². The van der Waals surface area contributed by atoms with Crippen LogP contribution in [0.15, 0.2) is 40.9 Å². The monoisotopic (exact) mass is 495 g/mol. The fourth-order valence-electron chi connectivity index (χ4n) is 2.98. The number of nitrogens with zero attached hydrogens (tertiary/aromatic N) is 3. The Morgan fingerprint density at radius 3 is 2.33 bits per heavy atom. The van der Waals surface area contributed by atoms with Gasteiger partial charge in [0.05, 0.1) is 22.0 Å². The number of hydrogen-bond acceptors (Lipinski definition) is 3. The second-order valence-electron chi connectivity index (χ2n) is 5.41. The minimum absolute atomic E-state index is 0.322. The molecular weight excluding hydrogens is 485 g/mol. The number of halogens is 2. The van der Waals surface area contributed by atoms with Crippen molar-refractivity contribution in [3.63, 3.8) is 0 Å². The van der Waals surface area contributed by atoms with Gasteiger partial charge < -0.3 is 0 Å². The maximum Gasteiger partial charge on any atom is 0.267 e. The van der Waals surface area contributed by atoms with Crippen molar-refractivity contribution in [2.45, 2.75) is 13.5 Å². The zero-order valence-corrected chi connectivity index (χ0v) is 16.3. The minimum Gasteiger partial charge on any atom is -0.268 e. The van der Waals surface area contributed by atoms with Crippen LogP contribution in [0.25, 0.3) is 10.9 Å². The molecule has 24 heavy (non-hydrogen) atoms. The number of carbonyl (C=O) groups excluding carboxylic acids is 2. The van der Waals surface area contributed by atoms with Gasteiger partial charge in [-0.15, -0.1) is 0 Å². The van der Waals surface area contributed by atoms with E-state index >= 15 is 0 Å². The van der Waals surface area contributed by atoms with Gasteiger partial charge in [-0.05, 0) is 53.8 Å². The first-order valence-corrected chi connectivity index (χ1v) is 9.23. The first-order valence-electron chi connectivity index (χ1n) is 7.36. The first kappa shape index (κ1) is 15.8. The number of imide groups is 1. The third kappa shape index (κ3) is 2.14. The van der Waals surface area contributed by atoms with E-state index in [4.69, 9.17) is 0 Å². The molecule has 1 aromatic heterocycles. The summed E-state index contributed by atoms with van der Waals surface area (Å²) < 4.78 is 3.67. The van der Waals surface area contributed by atoms with Gasteiger partial charge in [0.15, 0.2) is 5.82 Å². The van der Waals surface area contributed by atoms with Gasteiger partial charge in [-0.1, -0.05) is 28.1 Å². The maximum atomic E-state index is 12.8. The number of anilines is 1. The lowest BCUT2D eigenvalue weighted by molar-refractivity contribution is 0.0925. The van der Waals surface area contributed by atoms with Gasteiger partial charge in [-0.2, -0.15) is 5.10 Å². The molecule has 0 N–H and O–H groups in total. The molecule has 0 bridgehead atoms. The Hall–Kier alpha value is -1.74. The van der Waals surface area contributed by atoms with Crippen molar-refractivity contribution < 1.29 is 9.59 Å². The molecule has 0 spiro atoms. The van der Waals surface area contributed by atoms with E-state index in [0.29, 0.717) is 23.5 Å². The van der Waals surface area contributed by atoms with Crippen molar-refractivity contribution in [2.24, 2.45) is 0 Å². The quantitative estimate of drug-likeness (QED) is 0.395. The average molecular weight is 496 g/mol. The molecule has 3 aromatic rings. The molecule has 0 unspecified atom stereocenters. The highest BCUT2D eigenvalue weighted by molar-refractivity contribution is 14.1. The minimum atomic E-state index is -0.322. The zero-order valence-electron chi connectivity index (χ0n) is 12.6. The van der Waals surface area contributed by atoms with Crippen LogP contribution in [0.2, 0.25) is 0 Å². The molecule has 2 aromatic carbocycles. The first-order chi connectivity index (χ1) is 11.5. The average Bonchev–Trinajstić information content (AvgIpc) is 3.04. The number of carbonyl (C=O) groups is 2. The second-order valence-corrected chi connectivity index (χ2v) is 7.49. The Morgan fingerprint density at radius 2 is 1.75 bits per heavy atom. The number of rotatable bonds is 2. The van der Waals surface area contributed by atoms with E-state index in [2.05, 4.69) is 43.6 Å². The topological polar surface area (TPSA) is 55.2 Å². The molecule has 2 heterocycles. The van der Waals surface area contributed by atoms with E-state index in [1.54, 1.807) is 28.9 Å². The Bertz CT molecular complexity index is 993. The fraction of sp³-hybridized carbons (Fsp3) is 0.118. The highest BCUT2D eigenvalue weighted by Gasteiger charge is 2.39. The molecule has 0 atom stereocenters. The Morgan fingerprint density at radius 1 is 1.12 bits per heavy atom. The summed E-state index contributed by atoms with van der Waals surface area (Å²) >= 11 is 5.70. The van der Waals surface area contributed by atoms with Gasteiger partial charge in [0.25, 0.3) is 11.8 Å². The number of aromatic nitrogens is 2. The van der Waals surface area contributed by atoms with E-state index in [-0.39, 0.29) is 11.8 Å². The molecule has 0 aliphatic carbocycles. The Balaban J connectivity index is 1.99. The van der Waals surface area contributed by atoms with Crippen LogP contribution in [0.3, 0.4) is 0 Å². The zero-order chi connectivity index (χ0) is 17.0. The fourth-order valence-corrected chi connectivity index (χ4v) is 4.71. The van der Waals surface area contributed by atoms with Crippen LogP contribution < -0.4 is 4.90 Å². The molecule has 7 heteroatoms. The number of amides is 2. The Labute approximate surface area is 159 Å². The normalized spacial score (nSPS) is 13.9. The summed E-state index contributed by atoms with van der Waals surface area (Å²) in [4.78, 5) is 26.7. The summed E-state index contributed by atoms with van der Waals surface area (Å²) in [5.41, 5.74) is 1.74. The van der Waals surface area contributed by atoms with Crippen LogP contribution in [0.1, 0.15) is 27.6 Å². The van der Waals surface area contributed by atoms with Crippen molar-refractivity contribution in [3.05, 3.63) is 55.6 Å². The molecule has 120 valence electrons. The van der Waals surface area contributed by atoms with Crippen LogP contribution in [-0.4, -0.2) is 21.6 Å². The van der Waals surface area contributed by atoms with E-state index < -0.39 is 0 Å². The van der Waals surface area contributed by atoms with Gasteiger partial charge in [0.2, 0.25) is 0 Å². The molecule has 0 fully saturated rings. The number of benzene rings is 2. The third-order valence-electron chi connectivity index (χ3n) is 4.06. The van der Waals surface area contributed by atoms with Gasteiger partial charge >= 0.3 is 0 Å². The Kier molecular flexibility index (Phi) is 3.72. The number of hydrogen-bond donors (Lipinski definition) is 0. The van der Waals surface area contributed by atoms with Gasteiger partial charge in [0.1, 0.15) is 0 Å². The summed E-state index contributed by atoms with van der Waals surface area (Å²) in [7, 11) is 0. The van der Waals surface area contributed by atoms with Crippen LogP contribution in [0.5, 0.6) is 0 Å². The summed E-state index contributed by atoms with van der Waals surface area (Å²) in [6.07, 6.45) is 0. The van der Waals surface area contributed by atoms with E-state index in [0.717, 1.165) is 18.9 Å². The number of fused-ring (bicyclic) bond motifs is 2. The van der Waals surface area contributed by atoms with Crippen LogP contribution in [0, 0.1) is 3.57 Å². The smallest absolute Gasteiger partial charge is 0.267 e. The van der Waals surface area contributed by atoms with Crippen LogP contribution >= 0.6 is 38.5 Å². The molecule has 0 radical (unpaired) electrons. The van der Waals surface area contributed by atoms with Gasteiger partial charge in [-0.3, -0.25) is 14.3 Å². The largest absolute Gasteiger partial charge is 0.268 e. The highest BCUT2D eigenvalue weighted by atomic mass is 127. The van der Waals surface area contributed by atoms with E-state index in [9.17, 15) is 9.59 Å². The SMILES string of the molecule is CCn1nc(N2C(=O)c3ccccc3C2=O)c2c(I)cc(Br)cc21. The molecule has 5 nitrogen and oxygen atoms in total. The van der Waals surface area contributed by atoms with Crippen molar-refractivity contribution in [1.29, 1.82) is 0 Å². The van der Waals surface area contributed by atoms with Crippen molar-refractivity contribution in [3.8, 4) is 0 Å². The number of aryl methyl sites for hydroxylation is 1. The van der Waals surface area contributed by atoms with Crippen molar-refractivity contribution in [1.82, 2.24) is 9.78 Å². The van der Waals surface area contributed by atoms with Gasteiger partial charge in [0, 0.05) is 14.6 Å². The predicted molar refractivity (Wildman–Crippen MR) is 103 cm³/mol. The summed E-state index contributed by atoms with van der Waals surface area (Å²) in [6, 6.07) is 10.8. The van der Waals surface area contributed by atoms with Crippen molar-refractivity contribution in [2.75, 3.05) is 4.90 Å². The van der Waals surface area contributed by atoms with Gasteiger partial charge in [-0.25, -0.2) is 4.90 Å². The molecule has 1 aliphatic rings. The van der Waals surface area contributed by atoms with Crippen molar-refractivity contribution >= 4 is 67.1 Å². The lowest BCUT2D eigenvalue weighted by atomic mass is 10.1. The lowest BCUT2D eigenvalue weighted by Gasteiger charge is -2.11. The second kappa shape index (κ2) is 5.66. The summed E-state index contributed by atoms with van der Waals surface area (Å²) in [6.45, 7) is 2.62. The van der Waals surface area contributed by atoms with Crippen LogP contribution in [0.4, 0.5) is 5.82 Å².